The fourth-order valence-electron chi connectivity index (χ4n) is 4.10. The third kappa shape index (κ3) is 4.04. The lowest BCUT2D eigenvalue weighted by atomic mass is 9.97. The molecule has 2 heterocycles. The summed E-state index contributed by atoms with van der Waals surface area (Å²) in [6.07, 6.45) is -8.21. The fraction of sp³-hybridized carbons (Fsp3) is 0.148. The highest BCUT2D eigenvalue weighted by Gasteiger charge is 2.65. The lowest BCUT2D eigenvalue weighted by molar-refractivity contribution is -0.166. The van der Waals surface area contributed by atoms with E-state index in [1.54, 1.807) is 36.4 Å². The van der Waals surface area contributed by atoms with E-state index in [-0.39, 0.29) is 11.1 Å². The average molecular weight is 527 g/mol. The van der Waals surface area contributed by atoms with Crippen molar-refractivity contribution >= 4 is 17.0 Å². The summed E-state index contributed by atoms with van der Waals surface area (Å²) in [6.45, 7) is 0. The fourth-order valence-corrected chi connectivity index (χ4v) is 4.10. The largest absolute Gasteiger partial charge is 0.457 e. The van der Waals surface area contributed by atoms with Gasteiger partial charge in [-0.1, -0.05) is 36.4 Å². The molecule has 38 heavy (non-hydrogen) atoms. The third-order valence-corrected chi connectivity index (χ3v) is 6.32. The zero-order valence-corrected chi connectivity index (χ0v) is 19.1. The van der Waals surface area contributed by atoms with Gasteiger partial charge >= 0.3 is 18.0 Å². The van der Waals surface area contributed by atoms with E-state index in [1.807, 2.05) is 0 Å². The quantitative estimate of drug-likeness (QED) is 0.236. The molecule has 4 aromatic rings. The van der Waals surface area contributed by atoms with Crippen LogP contribution in [0.25, 0.3) is 10.8 Å². The molecule has 2 aliphatic rings. The Hall–Kier alpha value is -4.41. The van der Waals surface area contributed by atoms with E-state index in [1.165, 1.54) is 48.5 Å². The van der Waals surface area contributed by atoms with Crippen molar-refractivity contribution in [2.24, 2.45) is 15.2 Å². The second kappa shape index (κ2) is 8.04. The molecule has 0 saturated carbocycles. The van der Waals surface area contributed by atoms with Crippen LogP contribution in [0, 0.1) is 0 Å². The number of hydrogen-bond donors (Lipinski definition) is 0. The van der Waals surface area contributed by atoms with Gasteiger partial charge in [-0.2, -0.15) is 26.3 Å². The van der Waals surface area contributed by atoms with Gasteiger partial charge in [-0.15, -0.1) is 10.2 Å². The minimum atomic E-state index is -4.60. The molecule has 0 saturated heterocycles. The van der Waals surface area contributed by atoms with Gasteiger partial charge in [0.05, 0.1) is 0 Å². The Kier molecular flexibility index (Phi) is 5.07. The van der Waals surface area contributed by atoms with E-state index in [4.69, 9.17) is 9.47 Å². The van der Waals surface area contributed by atoms with Crippen molar-refractivity contribution in [1.82, 2.24) is 0 Å². The molecule has 4 aromatic carbocycles. The Morgan fingerprint density at radius 1 is 0.526 bits per heavy atom. The molecule has 0 radical (unpaired) electrons. The topological polar surface area (TPSA) is 55.5 Å². The molecule has 6 rings (SSSR count). The molecule has 0 aliphatic carbocycles. The highest BCUT2D eigenvalue weighted by molar-refractivity contribution is 5.88. The van der Waals surface area contributed by atoms with Gasteiger partial charge in [-0.05, 0) is 64.9 Å². The first-order chi connectivity index (χ1) is 18.0. The highest BCUT2D eigenvalue weighted by atomic mass is 19.4. The Morgan fingerprint density at radius 3 is 1.32 bits per heavy atom. The molecule has 0 N–H and O–H groups in total. The molecule has 1 atom stereocenters. The molecule has 0 fully saturated rings. The molecular formula is C27H15F6N3O2. The summed E-state index contributed by atoms with van der Waals surface area (Å²) in [4.78, 5) is 3.43. The van der Waals surface area contributed by atoms with Crippen LogP contribution in [-0.2, 0) is 11.2 Å². The SMILES string of the molecule is FC(F)(F)C1(c2ccc(Oc3ccc4cc(Oc5ccc(C6(C(F)(F)F)N=N6)cc5)ccc4c3)cc2)C=N1. The van der Waals surface area contributed by atoms with Crippen molar-refractivity contribution in [3.05, 3.63) is 96.1 Å². The van der Waals surface area contributed by atoms with Crippen LogP contribution < -0.4 is 9.47 Å². The Balaban J connectivity index is 1.14. The third-order valence-electron chi connectivity index (χ3n) is 6.32. The average Bonchev–Trinajstić information content (AvgIpc) is 3.78. The van der Waals surface area contributed by atoms with Gasteiger partial charge < -0.3 is 9.47 Å². The van der Waals surface area contributed by atoms with Gasteiger partial charge in [-0.25, -0.2) is 0 Å². The number of hydrogen-bond acceptors (Lipinski definition) is 5. The maximum absolute atomic E-state index is 13.2. The number of halogens is 6. The van der Waals surface area contributed by atoms with Crippen LogP contribution in [0.2, 0.25) is 0 Å². The number of rotatable bonds is 6. The Morgan fingerprint density at radius 2 is 0.947 bits per heavy atom. The summed E-state index contributed by atoms with van der Waals surface area (Å²) in [5.41, 5.74) is -4.77. The van der Waals surface area contributed by atoms with E-state index in [0.29, 0.717) is 23.0 Å². The molecule has 0 aromatic heterocycles. The van der Waals surface area contributed by atoms with Crippen LogP contribution in [-0.4, -0.2) is 18.6 Å². The molecule has 11 heteroatoms. The Labute approximate surface area is 211 Å². The van der Waals surface area contributed by atoms with Crippen LogP contribution in [0.5, 0.6) is 23.0 Å². The number of fused-ring (bicyclic) bond motifs is 1. The summed E-state index contributed by atoms with van der Waals surface area (Å²) in [5, 5.41) is 7.99. The highest BCUT2D eigenvalue weighted by Crippen LogP contribution is 2.52. The first-order valence-corrected chi connectivity index (χ1v) is 11.2. The summed E-state index contributed by atoms with van der Waals surface area (Å²) in [5.74, 6) is 1.67. The molecule has 0 amide bonds. The molecule has 5 nitrogen and oxygen atoms in total. The molecule has 0 spiro atoms. The summed E-state index contributed by atoms with van der Waals surface area (Å²) in [7, 11) is 0. The molecular weight excluding hydrogens is 512 g/mol. The van der Waals surface area contributed by atoms with Crippen molar-refractivity contribution in [2.45, 2.75) is 23.6 Å². The number of benzene rings is 4. The minimum Gasteiger partial charge on any atom is -0.457 e. The number of alkyl halides is 6. The van der Waals surface area contributed by atoms with Gasteiger partial charge in [0.25, 0.3) is 0 Å². The number of aliphatic imine (C=N–C) groups is 1. The standard InChI is InChI=1S/C27H15F6N3O2/c28-26(29,30)24(15-34-24)18-3-9-20(10-4-18)37-22-7-1-17-14-23(8-2-16(17)13-22)38-21-11-5-19(6-12-21)25(35-36-25)27(31,32)33/h1-15H. The maximum atomic E-state index is 13.2. The predicted octanol–water partition coefficient (Wildman–Crippen LogP) is 8.45. The van der Waals surface area contributed by atoms with Crippen molar-refractivity contribution in [2.75, 3.05) is 0 Å². The minimum absolute atomic E-state index is 0.0235. The lowest BCUT2D eigenvalue weighted by Crippen LogP contribution is -2.31. The monoisotopic (exact) mass is 527 g/mol. The summed E-state index contributed by atoms with van der Waals surface area (Å²) < 4.78 is 90.7. The lowest BCUT2D eigenvalue weighted by Gasteiger charge is -2.18. The summed E-state index contributed by atoms with van der Waals surface area (Å²) >= 11 is 0. The number of nitrogens with zero attached hydrogens (tertiary/aromatic N) is 3. The van der Waals surface area contributed by atoms with E-state index < -0.39 is 23.6 Å². The molecule has 1 unspecified atom stereocenters. The van der Waals surface area contributed by atoms with Gasteiger partial charge in [0.2, 0.25) is 5.54 Å². The van der Waals surface area contributed by atoms with Crippen molar-refractivity contribution in [3.8, 4) is 23.0 Å². The second-order valence-electron chi connectivity index (χ2n) is 8.82. The zero-order chi connectivity index (χ0) is 26.8. The first-order valence-electron chi connectivity index (χ1n) is 11.2. The predicted molar refractivity (Wildman–Crippen MR) is 126 cm³/mol. The van der Waals surface area contributed by atoms with Gasteiger partial charge in [-0.3, -0.25) is 4.99 Å². The van der Waals surface area contributed by atoms with Crippen LogP contribution >= 0.6 is 0 Å². The van der Waals surface area contributed by atoms with Crippen LogP contribution in [0.4, 0.5) is 26.3 Å². The first kappa shape index (κ1) is 24.0. The van der Waals surface area contributed by atoms with Crippen molar-refractivity contribution in [1.29, 1.82) is 0 Å². The summed E-state index contributed by atoms with van der Waals surface area (Å²) in [6, 6.07) is 21.5. The van der Waals surface area contributed by atoms with Crippen molar-refractivity contribution < 1.29 is 35.8 Å². The maximum Gasteiger partial charge on any atom is 0.442 e. The number of ether oxygens (including phenoxy) is 2. The molecule has 192 valence electrons. The normalized spacial score (nSPS) is 19.4. The van der Waals surface area contributed by atoms with E-state index >= 15 is 0 Å². The van der Waals surface area contributed by atoms with E-state index in [2.05, 4.69) is 15.2 Å². The van der Waals surface area contributed by atoms with Crippen LogP contribution in [0.1, 0.15) is 11.1 Å². The van der Waals surface area contributed by atoms with Gasteiger partial charge in [0.15, 0.2) is 0 Å². The van der Waals surface area contributed by atoms with Crippen molar-refractivity contribution in [3.63, 3.8) is 0 Å². The molecule has 0 bridgehead atoms. The van der Waals surface area contributed by atoms with Gasteiger partial charge in [0, 0.05) is 11.8 Å². The van der Waals surface area contributed by atoms with Crippen LogP contribution in [0.15, 0.2) is 100 Å². The smallest absolute Gasteiger partial charge is 0.442 e. The second-order valence-corrected chi connectivity index (χ2v) is 8.82. The Bertz CT molecular complexity index is 1460. The van der Waals surface area contributed by atoms with E-state index in [0.717, 1.165) is 17.0 Å². The zero-order valence-electron chi connectivity index (χ0n) is 19.1. The van der Waals surface area contributed by atoms with Crippen LogP contribution in [0.3, 0.4) is 0 Å². The molecule has 2 aliphatic heterocycles. The van der Waals surface area contributed by atoms with E-state index in [9.17, 15) is 26.3 Å². The van der Waals surface area contributed by atoms with Gasteiger partial charge in [0.1, 0.15) is 23.0 Å².